The third kappa shape index (κ3) is 3.41. The number of rotatable bonds is 6. The Hall–Kier alpha value is -1.68. The Morgan fingerprint density at radius 2 is 2.11 bits per heavy atom. The third-order valence-corrected chi connectivity index (χ3v) is 3.58. The second-order valence-electron chi connectivity index (χ2n) is 5.24. The van der Waals surface area contributed by atoms with Gasteiger partial charge in [-0.1, -0.05) is 35.5 Å². The van der Waals surface area contributed by atoms with Gasteiger partial charge in [0.05, 0.1) is 6.54 Å². The Kier molecular flexibility index (Phi) is 3.60. The molecule has 1 heterocycles. The van der Waals surface area contributed by atoms with E-state index in [1.807, 2.05) is 6.92 Å². The molecule has 100 valence electrons. The monoisotopic (exact) mass is 257 g/mol. The highest BCUT2D eigenvalue weighted by Gasteiger charge is 2.31. The van der Waals surface area contributed by atoms with Gasteiger partial charge in [0, 0.05) is 13.0 Å². The molecule has 0 spiro atoms. The van der Waals surface area contributed by atoms with Gasteiger partial charge in [-0.05, 0) is 30.7 Å². The molecule has 0 saturated heterocycles. The van der Waals surface area contributed by atoms with Crippen molar-refractivity contribution < 1.29 is 4.52 Å². The summed E-state index contributed by atoms with van der Waals surface area (Å²) >= 11 is 0. The normalized spacial score (nSPS) is 16.5. The predicted octanol–water partition coefficient (Wildman–Crippen LogP) is 2.49. The molecule has 19 heavy (non-hydrogen) atoms. The minimum Gasteiger partial charge on any atom is -0.340 e. The molecule has 0 bridgehead atoms. The van der Waals surface area contributed by atoms with Crippen LogP contribution in [-0.2, 0) is 13.0 Å². The molecule has 1 fully saturated rings. The lowest BCUT2D eigenvalue weighted by Crippen LogP contribution is -2.33. The van der Waals surface area contributed by atoms with Crippen molar-refractivity contribution in [2.75, 3.05) is 0 Å². The first-order chi connectivity index (χ1) is 9.31. The molecule has 3 rings (SSSR count). The van der Waals surface area contributed by atoms with Crippen LogP contribution >= 0.6 is 0 Å². The molecule has 2 aromatic rings. The molecular weight excluding hydrogens is 238 g/mol. The topological polar surface area (TPSA) is 51.0 Å². The Bertz CT molecular complexity index is 519. The van der Waals surface area contributed by atoms with Crippen LogP contribution in [0, 0.1) is 12.8 Å². The molecule has 1 aromatic carbocycles. The van der Waals surface area contributed by atoms with Gasteiger partial charge >= 0.3 is 0 Å². The third-order valence-electron chi connectivity index (χ3n) is 3.58. The lowest BCUT2D eigenvalue weighted by molar-refractivity contribution is 0.380. The Balaban J connectivity index is 1.59. The largest absolute Gasteiger partial charge is 0.340 e. The molecule has 4 heteroatoms. The van der Waals surface area contributed by atoms with Gasteiger partial charge in [0.1, 0.15) is 0 Å². The molecule has 1 atom stereocenters. The van der Waals surface area contributed by atoms with E-state index < -0.39 is 0 Å². The molecule has 4 nitrogen and oxygen atoms in total. The Labute approximate surface area is 113 Å². The van der Waals surface area contributed by atoms with E-state index in [1.165, 1.54) is 18.4 Å². The van der Waals surface area contributed by atoms with Gasteiger partial charge in [0.2, 0.25) is 5.89 Å². The van der Waals surface area contributed by atoms with Gasteiger partial charge in [-0.3, -0.25) is 0 Å². The molecule has 1 aliphatic rings. The summed E-state index contributed by atoms with van der Waals surface area (Å²) in [4.78, 5) is 4.23. The summed E-state index contributed by atoms with van der Waals surface area (Å²) in [5.41, 5.74) is 1.39. The van der Waals surface area contributed by atoms with Gasteiger partial charge in [0.25, 0.3) is 0 Å². The van der Waals surface area contributed by atoms with Crippen LogP contribution in [0.3, 0.4) is 0 Å². The second-order valence-corrected chi connectivity index (χ2v) is 5.24. The van der Waals surface area contributed by atoms with Gasteiger partial charge in [-0.25, -0.2) is 0 Å². The van der Waals surface area contributed by atoms with Crippen molar-refractivity contribution in [3.05, 3.63) is 47.6 Å². The molecule has 1 N–H and O–H groups in total. The lowest BCUT2D eigenvalue weighted by Gasteiger charge is -2.17. The summed E-state index contributed by atoms with van der Waals surface area (Å²) in [5.74, 6) is 2.17. The SMILES string of the molecule is Cc1nc(CN[C@H](Cc2ccccc2)C2CC2)no1. The smallest absolute Gasteiger partial charge is 0.223 e. The fraction of sp³-hybridized carbons (Fsp3) is 0.467. The lowest BCUT2D eigenvalue weighted by atomic mass is 10.0. The van der Waals surface area contributed by atoms with Crippen LogP contribution in [0.5, 0.6) is 0 Å². The summed E-state index contributed by atoms with van der Waals surface area (Å²) in [7, 11) is 0. The fourth-order valence-corrected chi connectivity index (χ4v) is 2.41. The van der Waals surface area contributed by atoms with E-state index in [1.54, 1.807) is 0 Å². The van der Waals surface area contributed by atoms with E-state index in [4.69, 9.17) is 4.52 Å². The molecule has 0 amide bonds. The van der Waals surface area contributed by atoms with E-state index in [-0.39, 0.29) is 0 Å². The zero-order valence-electron chi connectivity index (χ0n) is 11.2. The summed E-state index contributed by atoms with van der Waals surface area (Å²) in [5, 5.41) is 7.50. The van der Waals surface area contributed by atoms with Crippen molar-refractivity contribution in [2.45, 2.75) is 38.8 Å². The highest BCUT2D eigenvalue weighted by atomic mass is 16.5. The first-order valence-corrected chi connectivity index (χ1v) is 6.88. The van der Waals surface area contributed by atoms with E-state index in [0.717, 1.165) is 18.2 Å². The molecule has 0 radical (unpaired) electrons. The number of nitrogens with one attached hydrogen (secondary N) is 1. The summed E-state index contributed by atoms with van der Waals surface area (Å²) in [6.07, 6.45) is 3.73. The number of benzene rings is 1. The van der Waals surface area contributed by atoms with Crippen molar-refractivity contribution in [3.63, 3.8) is 0 Å². The predicted molar refractivity (Wildman–Crippen MR) is 72.5 cm³/mol. The quantitative estimate of drug-likeness (QED) is 0.863. The number of hydrogen-bond acceptors (Lipinski definition) is 4. The maximum atomic E-state index is 4.99. The summed E-state index contributed by atoms with van der Waals surface area (Å²) in [6, 6.07) is 11.2. The van der Waals surface area contributed by atoms with Crippen molar-refractivity contribution in [1.82, 2.24) is 15.5 Å². The maximum Gasteiger partial charge on any atom is 0.223 e. The van der Waals surface area contributed by atoms with E-state index in [9.17, 15) is 0 Å². The number of aryl methyl sites for hydroxylation is 1. The number of nitrogens with zero attached hydrogens (tertiary/aromatic N) is 2. The Morgan fingerprint density at radius 3 is 2.74 bits per heavy atom. The van der Waals surface area contributed by atoms with Crippen LogP contribution in [0.2, 0.25) is 0 Å². The minimum absolute atomic E-state index is 0.515. The highest BCUT2D eigenvalue weighted by molar-refractivity contribution is 5.16. The van der Waals surface area contributed by atoms with Crippen molar-refractivity contribution in [1.29, 1.82) is 0 Å². The van der Waals surface area contributed by atoms with Crippen LogP contribution in [0.25, 0.3) is 0 Å². The minimum atomic E-state index is 0.515. The summed E-state index contributed by atoms with van der Waals surface area (Å²) in [6.45, 7) is 2.50. The highest BCUT2D eigenvalue weighted by Crippen LogP contribution is 2.34. The van der Waals surface area contributed by atoms with Crippen molar-refractivity contribution in [3.8, 4) is 0 Å². The van der Waals surface area contributed by atoms with E-state index >= 15 is 0 Å². The summed E-state index contributed by atoms with van der Waals surface area (Å²) < 4.78 is 4.99. The van der Waals surface area contributed by atoms with Gasteiger partial charge in [-0.2, -0.15) is 4.98 Å². The average Bonchev–Trinajstić information content (AvgIpc) is 3.19. The van der Waals surface area contributed by atoms with Crippen LogP contribution < -0.4 is 5.32 Å². The van der Waals surface area contributed by atoms with Crippen LogP contribution in [-0.4, -0.2) is 16.2 Å². The molecule has 1 saturated carbocycles. The first kappa shape index (κ1) is 12.4. The molecular formula is C15H19N3O. The van der Waals surface area contributed by atoms with Gasteiger partial charge in [0.15, 0.2) is 5.82 Å². The van der Waals surface area contributed by atoms with E-state index in [2.05, 4.69) is 45.8 Å². The number of aromatic nitrogens is 2. The van der Waals surface area contributed by atoms with Crippen molar-refractivity contribution >= 4 is 0 Å². The van der Waals surface area contributed by atoms with Gasteiger partial charge < -0.3 is 9.84 Å². The van der Waals surface area contributed by atoms with E-state index in [0.29, 0.717) is 18.5 Å². The maximum absolute atomic E-state index is 4.99. The number of hydrogen-bond donors (Lipinski definition) is 1. The van der Waals surface area contributed by atoms with Crippen LogP contribution in [0.15, 0.2) is 34.9 Å². The van der Waals surface area contributed by atoms with Crippen LogP contribution in [0.4, 0.5) is 0 Å². The van der Waals surface area contributed by atoms with Crippen LogP contribution in [0.1, 0.15) is 30.1 Å². The second kappa shape index (κ2) is 5.53. The zero-order valence-corrected chi connectivity index (χ0v) is 11.2. The first-order valence-electron chi connectivity index (χ1n) is 6.88. The van der Waals surface area contributed by atoms with Gasteiger partial charge in [-0.15, -0.1) is 0 Å². The van der Waals surface area contributed by atoms with Crippen molar-refractivity contribution in [2.24, 2.45) is 5.92 Å². The standard InChI is InChI=1S/C15H19N3O/c1-11-17-15(18-19-11)10-16-14(13-7-8-13)9-12-5-3-2-4-6-12/h2-6,13-14,16H,7-10H2,1H3/t14-/m1/s1. The Morgan fingerprint density at radius 1 is 1.32 bits per heavy atom. The molecule has 0 aliphatic heterocycles. The fourth-order valence-electron chi connectivity index (χ4n) is 2.41. The molecule has 1 aliphatic carbocycles. The molecule has 0 unspecified atom stereocenters. The average molecular weight is 257 g/mol. The zero-order chi connectivity index (χ0) is 13.1. The molecule has 1 aromatic heterocycles.